The van der Waals surface area contributed by atoms with Crippen molar-refractivity contribution >= 4 is 28.3 Å². The number of methoxy groups -OCH3 is 3. The number of ether oxygens (including phenoxy) is 4. The molecule has 0 saturated carbocycles. The lowest BCUT2D eigenvalue weighted by atomic mass is 10.0. The van der Waals surface area contributed by atoms with Crippen LogP contribution in [0.4, 0.5) is 5.69 Å². The van der Waals surface area contributed by atoms with Crippen LogP contribution >= 0.6 is 11.6 Å². The Morgan fingerprint density at radius 3 is 2.44 bits per heavy atom. The molecule has 0 N–H and O–H groups in total. The molecule has 0 bridgehead atoms. The zero-order chi connectivity index (χ0) is 23.8. The van der Waals surface area contributed by atoms with Crippen LogP contribution in [-0.4, -0.2) is 28.1 Å². The van der Waals surface area contributed by atoms with Crippen molar-refractivity contribution in [3.05, 3.63) is 75.6 Å². The highest BCUT2D eigenvalue weighted by molar-refractivity contribution is 6.32. The smallest absolute Gasteiger partial charge is 0.200 e. The predicted molar refractivity (Wildman–Crippen MR) is 131 cm³/mol. The zero-order valence-electron chi connectivity index (χ0n) is 18.9. The van der Waals surface area contributed by atoms with Crippen molar-refractivity contribution in [1.29, 1.82) is 0 Å². The van der Waals surface area contributed by atoms with Gasteiger partial charge in [-0.05, 0) is 24.3 Å². The van der Waals surface area contributed by atoms with Gasteiger partial charge in [0, 0.05) is 11.6 Å². The van der Waals surface area contributed by atoms with E-state index >= 15 is 0 Å². The first-order valence-corrected chi connectivity index (χ1v) is 10.9. The lowest BCUT2D eigenvalue weighted by molar-refractivity contribution is 0.287. The summed E-state index contributed by atoms with van der Waals surface area (Å²) in [5, 5.41) is 0.919. The van der Waals surface area contributed by atoms with Crippen LogP contribution in [0.5, 0.6) is 23.0 Å². The van der Waals surface area contributed by atoms with Crippen LogP contribution in [0, 0.1) is 0 Å². The van der Waals surface area contributed by atoms with Gasteiger partial charge in [-0.3, -0.25) is 4.79 Å². The molecule has 0 unspecified atom stereocenters. The molecule has 3 aromatic carbocycles. The maximum absolute atomic E-state index is 13.4. The van der Waals surface area contributed by atoms with Crippen LogP contribution in [0.15, 0.2) is 64.0 Å². The van der Waals surface area contributed by atoms with Gasteiger partial charge in [-0.15, -0.1) is 0 Å². The summed E-state index contributed by atoms with van der Waals surface area (Å²) in [5.74, 6) is 2.37. The highest BCUT2D eigenvalue weighted by Crippen LogP contribution is 2.41. The molecule has 4 aromatic rings. The second kappa shape index (κ2) is 8.83. The molecule has 7 nitrogen and oxygen atoms in total. The summed E-state index contributed by atoms with van der Waals surface area (Å²) in [6.07, 6.45) is 1.48. The van der Waals surface area contributed by atoms with E-state index in [1.54, 1.807) is 45.6 Å². The first-order chi connectivity index (χ1) is 16.5. The second-order valence-corrected chi connectivity index (χ2v) is 8.13. The molecule has 0 fully saturated rings. The standard InChI is InChI=1S/C26H22ClNO6/c1-30-21-7-5-4-6-15(21)18-13-33-26-16(25(18)29)8-9-22-17(26)12-28(14-34-22)20-10-19(27)23(31-2)11-24(20)32-3/h4-11,13H,12,14H2,1-3H3. The Morgan fingerprint density at radius 1 is 0.912 bits per heavy atom. The van der Waals surface area contributed by atoms with E-state index in [1.807, 2.05) is 29.2 Å². The minimum Gasteiger partial charge on any atom is -0.496 e. The number of para-hydroxylation sites is 1. The number of rotatable bonds is 5. The number of nitrogens with zero attached hydrogens (tertiary/aromatic N) is 1. The van der Waals surface area contributed by atoms with Crippen molar-refractivity contribution < 1.29 is 23.4 Å². The van der Waals surface area contributed by atoms with Gasteiger partial charge in [-0.25, -0.2) is 0 Å². The fourth-order valence-electron chi connectivity index (χ4n) is 4.21. The van der Waals surface area contributed by atoms with Crippen LogP contribution in [0.25, 0.3) is 22.1 Å². The first kappa shape index (κ1) is 22.0. The van der Waals surface area contributed by atoms with Crippen molar-refractivity contribution in [3.63, 3.8) is 0 Å². The lowest BCUT2D eigenvalue weighted by Crippen LogP contribution is -2.32. The minimum absolute atomic E-state index is 0.143. The number of hydrogen-bond donors (Lipinski definition) is 0. The van der Waals surface area contributed by atoms with Gasteiger partial charge in [-0.2, -0.15) is 0 Å². The Morgan fingerprint density at radius 2 is 1.68 bits per heavy atom. The van der Waals surface area contributed by atoms with E-state index in [0.29, 0.717) is 56.7 Å². The first-order valence-electron chi connectivity index (χ1n) is 10.6. The molecule has 0 amide bonds. The molecule has 1 aromatic heterocycles. The lowest BCUT2D eigenvalue weighted by Gasteiger charge is -2.32. The summed E-state index contributed by atoms with van der Waals surface area (Å²) in [7, 11) is 4.70. The molecule has 8 heteroatoms. The maximum Gasteiger partial charge on any atom is 0.200 e. The zero-order valence-corrected chi connectivity index (χ0v) is 19.6. The topological polar surface area (TPSA) is 70.4 Å². The van der Waals surface area contributed by atoms with E-state index in [2.05, 4.69) is 0 Å². The summed E-state index contributed by atoms with van der Waals surface area (Å²) >= 11 is 6.38. The predicted octanol–water partition coefficient (Wildman–Crippen LogP) is 5.50. The van der Waals surface area contributed by atoms with Crippen molar-refractivity contribution in [2.45, 2.75) is 6.54 Å². The van der Waals surface area contributed by atoms with Crippen LogP contribution < -0.4 is 29.3 Å². The summed E-state index contributed by atoms with van der Waals surface area (Å²) in [6.45, 7) is 0.712. The number of benzene rings is 3. The van der Waals surface area contributed by atoms with Gasteiger partial charge in [0.25, 0.3) is 0 Å². The average Bonchev–Trinajstić information content (AvgIpc) is 2.88. The van der Waals surface area contributed by atoms with E-state index in [4.69, 9.17) is 35.0 Å². The Bertz CT molecular complexity index is 1450. The molecular formula is C26H22ClNO6. The highest BCUT2D eigenvalue weighted by Gasteiger charge is 2.26. The molecule has 2 heterocycles. The quantitative estimate of drug-likeness (QED) is 0.374. The molecule has 0 radical (unpaired) electrons. The van der Waals surface area contributed by atoms with Crippen molar-refractivity contribution in [2.24, 2.45) is 0 Å². The SMILES string of the molecule is COc1cc(OC)c(N2COc3ccc4c(=O)c(-c5ccccc5OC)coc4c3C2)cc1Cl. The van der Waals surface area contributed by atoms with Gasteiger partial charge in [0.1, 0.15) is 34.8 Å². The summed E-state index contributed by atoms with van der Waals surface area (Å²) in [6, 6.07) is 14.4. The van der Waals surface area contributed by atoms with Gasteiger partial charge in [-0.1, -0.05) is 29.8 Å². The molecule has 0 saturated heterocycles. The van der Waals surface area contributed by atoms with Crippen LogP contribution in [0.1, 0.15) is 5.56 Å². The van der Waals surface area contributed by atoms with Crippen LogP contribution in [0.2, 0.25) is 5.02 Å². The molecule has 0 spiro atoms. The van der Waals surface area contributed by atoms with Gasteiger partial charge < -0.3 is 28.3 Å². The fraction of sp³-hybridized carbons (Fsp3) is 0.192. The van der Waals surface area contributed by atoms with Crippen molar-refractivity contribution in [1.82, 2.24) is 0 Å². The third-order valence-electron chi connectivity index (χ3n) is 5.92. The Kier molecular flexibility index (Phi) is 5.71. The maximum atomic E-state index is 13.4. The molecule has 34 heavy (non-hydrogen) atoms. The molecule has 1 aliphatic heterocycles. The van der Waals surface area contributed by atoms with Crippen molar-refractivity contribution in [3.8, 4) is 34.1 Å². The van der Waals surface area contributed by atoms with Gasteiger partial charge in [0.15, 0.2) is 6.73 Å². The molecule has 0 aliphatic carbocycles. The Hall–Kier alpha value is -3.84. The molecule has 5 rings (SSSR count). The molecule has 1 aliphatic rings. The summed E-state index contributed by atoms with van der Waals surface area (Å²) < 4.78 is 28.3. The molecule has 174 valence electrons. The molecular weight excluding hydrogens is 458 g/mol. The van der Waals surface area contributed by atoms with Gasteiger partial charge in [0.05, 0.1) is 55.1 Å². The van der Waals surface area contributed by atoms with E-state index in [0.717, 1.165) is 11.3 Å². The number of hydrogen-bond acceptors (Lipinski definition) is 7. The van der Waals surface area contributed by atoms with E-state index in [9.17, 15) is 4.79 Å². The third kappa shape index (κ3) is 3.58. The van der Waals surface area contributed by atoms with E-state index in [1.165, 1.54) is 6.26 Å². The largest absolute Gasteiger partial charge is 0.496 e. The van der Waals surface area contributed by atoms with Crippen molar-refractivity contribution in [2.75, 3.05) is 33.0 Å². The second-order valence-electron chi connectivity index (χ2n) is 7.73. The number of halogens is 1. The number of fused-ring (bicyclic) bond motifs is 3. The van der Waals surface area contributed by atoms with Gasteiger partial charge >= 0.3 is 0 Å². The van der Waals surface area contributed by atoms with E-state index in [-0.39, 0.29) is 12.2 Å². The highest BCUT2D eigenvalue weighted by atomic mass is 35.5. The number of anilines is 1. The van der Waals surface area contributed by atoms with Crippen LogP contribution in [-0.2, 0) is 6.54 Å². The normalized spacial score (nSPS) is 12.8. The molecule has 0 atom stereocenters. The summed E-state index contributed by atoms with van der Waals surface area (Å²) in [4.78, 5) is 15.4. The third-order valence-corrected chi connectivity index (χ3v) is 6.21. The monoisotopic (exact) mass is 479 g/mol. The van der Waals surface area contributed by atoms with E-state index < -0.39 is 0 Å². The van der Waals surface area contributed by atoms with Gasteiger partial charge in [0.2, 0.25) is 5.43 Å². The average molecular weight is 480 g/mol. The Balaban J connectivity index is 1.60. The Labute approximate surface area is 201 Å². The minimum atomic E-state index is -0.143. The summed E-state index contributed by atoms with van der Waals surface area (Å²) in [5.41, 5.74) is 2.95. The fourth-order valence-corrected chi connectivity index (χ4v) is 4.44. The van der Waals surface area contributed by atoms with Crippen LogP contribution in [0.3, 0.4) is 0 Å².